The SMILES string of the molecule is COc1ccc(C[NH2+]CC(F)(F)F)cc1. The van der Waals surface area contributed by atoms with Crippen LogP contribution in [0.25, 0.3) is 0 Å². The molecule has 1 rings (SSSR count). The normalized spacial score (nSPS) is 11.5. The number of hydrogen-bond acceptors (Lipinski definition) is 1. The molecule has 0 aliphatic rings. The number of hydrogen-bond donors (Lipinski definition) is 1. The maximum atomic E-state index is 11.8. The van der Waals surface area contributed by atoms with Gasteiger partial charge in [-0.3, -0.25) is 0 Å². The second-order valence-corrected chi connectivity index (χ2v) is 3.16. The third-order valence-electron chi connectivity index (χ3n) is 1.91. The molecule has 0 bridgehead atoms. The summed E-state index contributed by atoms with van der Waals surface area (Å²) < 4.78 is 40.4. The van der Waals surface area contributed by atoms with E-state index in [-0.39, 0.29) is 0 Å². The third kappa shape index (κ3) is 4.69. The average Bonchev–Trinajstić information content (AvgIpc) is 2.17. The molecule has 5 heteroatoms. The molecule has 1 aromatic rings. The van der Waals surface area contributed by atoms with Gasteiger partial charge >= 0.3 is 6.18 Å². The summed E-state index contributed by atoms with van der Waals surface area (Å²) in [6, 6.07) is 6.98. The predicted molar refractivity (Wildman–Crippen MR) is 49.5 cm³/mol. The van der Waals surface area contributed by atoms with Crippen LogP contribution in [0.4, 0.5) is 13.2 Å². The van der Waals surface area contributed by atoms with Crippen molar-refractivity contribution in [2.45, 2.75) is 12.7 Å². The summed E-state index contributed by atoms with van der Waals surface area (Å²) in [6.45, 7) is -0.525. The predicted octanol–water partition coefficient (Wildman–Crippen LogP) is 1.32. The van der Waals surface area contributed by atoms with E-state index in [1.54, 1.807) is 31.4 Å². The van der Waals surface area contributed by atoms with Gasteiger partial charge in [-0.05, 0) is 24.3 Å². The van der Waals surface area contributed by atoms with Crippen molar-refractivity contribution in [2.24, 2.45) is 0 Å². The molecular formula is C10H13F3NO+. The highest BCUT2D eigenvalue weighted by molar-refractivity contribution is 5.26. The topological polar surface area (TPSA) is 25.8 Å². The number of nitrogens with two attached hydrogens (primary N) is 1. The fourth-order valence-corrected chi connectivity index (χ4v) is 1.16. The standard InChI is InChI=1S/C10H12F3NO/c1-15-9-4-2-8(3-5-9)6-14-7-10(11,12)13/h2-5,14H,6-7H2,1H3/p+1. The Labute approximate surface area is 86.1 Å². The molecule has 15 heavy (non-hydrogen) atoms. The molecule has 0 fully saturated rings. The largest absolute Gasteiger partial charge is 0.497 e. The second kappa shape index (κ2) is 5.02. The van der Waals surface area contributed by atoms with Crippen molar-refractivity contribution in [1.82, 2.24) is 0 Å². The van der Waals surface area contributed by atoms with Crippen LogP contribution in [0.2, 0.25) is 0 Å². The Morgan fingerprint density at radius 2 is 1.80 bits per heavy atom. The van der Waals surface area contributed by atoms with Crippen LogP contribution in [0.1, 0.15) is 5.56 Å². The Morgan fingerprint density at radius 1 is 1.20 bits per heavy atom. The molecule has 0 aliphatic carbocycles. The van der Waals surface area contributed by atoms with Gasteiger partial charge < -0.3 is 10.1 Å². The Kier molecular flexibility index (Phi) is 3.96. The molecule has 0 amide bonds. The van der Waals surface area contributed by atoms with Crippen LogP contribution in [-0.2, 0) is 6.54 Å². The highest BCUT2D eigenvalue weighted by Crippen LogP contribution is 2.11. The van der Waals surface area contributed by atoms with Gasteiger partial charge in [-0.2, -0.15) is 13.2 Å². The average molecular weight is 220 g/mol. The highest BCUT2D eigenvalue weighted by atomic mass is 19.4. The number of ether oxygens (including phenoxy) is 1. The van der Waals surface area contributed by atoms with Gasteiger partial charge in [0.05, 0.1) is 7.11 Å². The Morgan fingerprint density at radius 3 is 2.27 bits per heavy atom. The first kappa shape index (κ1) is 11.8. The van der Waals surface area contributed by atoms with Gasteiger partial charge in [-0.15, -0.1) is 0 Å². The van der Waals surface area contributed by atoms with E-state index in [1.165, 1.54) is 5.32 Å². The van der Waals surface area contributed by atoms with E-state index in [4.69, 9.17) is 4.74 Å². The lowest BCUT2D eigenvalue weighted by Crippen LogP contribution is -2.85. The van der Waals surface area contributed by atoms with Crippen LogP contribution in [0.5, 0.6) is 5.75 Å². The van der Waals surface area contributed by atoms with E-state index in [0.29, 0.717) is 12.3 Å². The summed E-state index contributed by atoms with van der Waals surface area (Å²) >= 11 is 0. The molecule has 0 aliphatic heterocycles. The van der Waals surface area contributed by atoms with Gasteiger partial charge in [-0.1, -0.05) is 0 Å². The van der Waals surface area contributed by atoms with Crippen molar-refractivity contribution < 1.29 is 23.2 Å². The van der Waals surface area contributed by atoms with Gasteiger partial charge in [0.2, 0.25) is 0 Å². The van der Waals surface area contributed by atoms with Crippen LogP contribution in [0.3, 0.4) is 0 Å². The summed E-state index contributed by atoms with van der Waals surface area (Å²) in [5, 5.41) is 1.22. The first-order chi connectivity index (χ1) is 7.01. The molecule has 0 saturated heterocycles. The van der Waals surface area contributed by atoms with Gasteiger partial charge in [0, 0.05) is 5.56 Å². The summed E-state index contributed by atoms with van der Waals surface area (Å²) in [6.07, 6.45) is -4.10. The van der Waals surface area contributed by atoms with Gasteiger partial charge in [-0.25, -0.2) is 0 Å². The summed E-state index contributed by atoms with van der Waals surface area (Å²) in [5.74, 6) is 0.703. The molecule has 0 saturated carbocycles. The van der Waals surface area contributed by atoms with Crippen LogP contribution in [-0.4, -0.2) is 19.8 Å². The first-order valence-electron chi connectivity index (χ1n) is 4.52. The number of rotatable bonds is 4. The fraction of sp³-hybridized carbons (Fsp3) is 0.400. The molecule has 0 radical (unpaired) electrons. The maximum Gasteiger partial charge on any atom is 0.438 e. The number of alkyl halides is 3. The summed E-state index contributed by atoms with van der Waals surface area (Å²) in [7, 11) is 1.55. The van der Waals surface area contributed by atoms with Gasteiger partial charge in [0.1, 0.15) is 12.3 Å². The van der Waals surface area contributed by atoms with E-state index >= 15 is 0 Å². The van der Waals surface area contributed by atoms with Crippen LogP contribution in [0.15, 0.2) is 24.3 Å². The number of halogens is 3. The van der Waals surface area contributed by atoms with Crippen LogP contribution >= 0.6 is 0 Å². The number of quaternary nitrogens is 1. The molecule has 0 aromatic heterocycles. The minimum absolute atomic E-state index is 0.323. The maximum absolute atomic E-state index is 11.8. The number of benzene rings is 1. The van der Waals surface area contributed by atoms with Crippen molar-refractivity contribution in [3.8, 4) is 5.75 Å². The van der Waals surface area contributed by atoms with E-state index in [1.807, 2.05) is 0 Å². The molecule has 2 nitrogen and oxygen atoms in total. The van der Waals surface area contributed by atoms with Crippen molar-refractivity contribution in [1.29, 1.82) is 0 Å². The van der Waals surface area contributed by atoms with Crippen molar-refractivity contribution in [2.75, 3.05) is 13.7 Å². The Balaban J connectivity index is 2.38. The van der Waals surface area contributed by atoms with Gasteiger partial charge in [0.25, 0.3) is 0 Å². The van der Waals surface area contributed by atoms with Crippen LogP contribution < -0.4 is 10.1 Å². The fourth-order valence-electron chi connectivity index (χ4n) is 1.16. The lowest BCUT2D eigenvalue weighted by molar-refractivity contribution is -0.690. The molecular weight excluding hydrogens is 207 g/mol. The molecule has 0 heterocycles. The number of methoxy groups -OCH3 is 1. The molecule has 2 N–H and O–H groups in total. The van der Waals surface area contributed by atoms with Crippen molar-refractivity contribution in [3.63, 3.8) is 0 Å². The zero-order chi connectivity index (χ0) is 11.3. The lowest BCUT2D eigenvalue weighted by Gasteiger charge is -2.05. The minimum Gasteiger partial charge on any atom is -0.497 e. The molecule has 84 valence electrons. The first-order valence-corrected chi connectivity index (χ1v) is 4.52. The zero-order valence-electron chi connectivity index (χ0n) is 8.34. The lowest BCUT2D eigenvalue weighted by atomic mass is 10.2. The third-order valence-corrected chi connectivity index (χ3v) is 1.91. The molecule has 0 spiro atoms. The van der Waals surface area contributed by atoms with E-state index in [0.717, 1.165) is 5.56 Å². The monoisotopic (exact) mass is 220 g/mol. The Hall–Kier alpha value is -1.23. The minimum atomic E-state index is -4.10. The summed E-state index contributed by atoms with van der Waals surface area (Å²) in [5.41, 5.74) is 0.847. The zero-order valence-corrected chi connectivity index (χ0v) is 8.34. The second-order valence-electron chi connectivity index (χ2n) is 3.16. The summed E-state index contributed by atoms with van der Waals surface area (Å²) in [4.78, 5) is 0. The van der Waals surface area contributed by atoms with Crippen molar-refractivity contribution in [3.05, 3.63) is 29.8 Å². The molecule has 0 unspecified atom stereocenters. The molecule has 1 aromatic carbocycles. The van der Waals surface area contributed by atoms with Gasteiger partial charge in [0.15, 0.2) is 6.54 Å². The Bertz CT molecular complexity index is 295. The van der Waals surface area contributed by atoms with E-state index < -0.39 is 12.7 Å². The van der Waals surface area contributed by atoms with E-state index in [9.17, 15) is 13.2 Å². The van der Waals surface area contributed by atoms with Crippen LogP contribution in [0, 0.1) is 0 Å². The quantitative estimate of drug-likeness (QED) is 0.813. The van der Waals surface area contributed by atoms with Crippen molar-refractivity contribution >= 4 is 0 Å². The highest BCUT2D eigenvalue weighted by Gasteiger charge is 2.29. The van der Waals surface area contributed by atoms with E-state index in [2.05, 4.69) is 0 Å². The smallest absolute Gasteiger partial charge is 0.438 e. The molecule has 0 atom stereocenters.